The number of nitrogens with zero attached hydrogens (tertiary/aromatic N) is 1. The molecule has 0 aliphatic heterocycles. The minimum absolute atomic E-state index is 0.200. The van der Waals surface area contributed by atoms with Gasteiger partial charge in [0.15, 0.2) is 0 Å². The van der Waals surface area contributed by atoms with Gasteiger partial charge in [0.05, 0.1) is 13.7 Å². The zero-order valence-electron chi connectivity index (χ0n) is 9.94. The quantitative estimate of drug-likeness (QED) is 0.679. The number of aromatic nitrogens is 1. The molecule has 0 aliphatic rings. The Bertz CT molecular complexity index is 572. The summed E-state index contributed by atoms with van der Waals surface area (Å²) < 4.78 is 4.55. The normalized spacial score (nSPS) is 10.6. The molecule has 18 heavy (non-hydrogen) atoms. The van der Waals surface area contributed by atoms with Crippen molar-refractivity contribution in [3.8, 4) is 0 Å². The van der Waals surface area contributed by atoms with E-state index in [-0.39, 0.29) is 12.5 Å². The van der Waals surface area contributed by atoms with E-state index in [9.17, 15) is 4.79 Å². The lowest BCUT2D eigenvalue weighted by molar-refractivity contribution is -0.139. The van der Waals surface area contributed by atoms with Crippen LogP contribution in [0.1, 0.15) is 5.56 Å². The number of hydrogen-bond acceptors (Lipinski definition) is 4. The number of ether oxygens (including phenoxy) is 1. The topological polar surface area (TPSA) is 51.2 Å². The Kier molecular flexibility index (Phi) is 4.12. The van der Waals surface area contributed by atoms with Crippen LogP contribution >= 0.6 is 11.6 Å². The Hall–Kier alpha value is -1.65. The van der Waals surface area contributed by atoms with Crippen molar-refractivity contribution < 1.29 is 9.53 Å². The molecule has 0 aliphatic carbocycles. The molecule has 2 rings (SSSR count). The molecule has 1 aromatic heterocycles. The van der Waals surface area contributed by atoms with Gasteiger partial charge in [-0.15, -0.1) is 0 Å². The Morgan fingerprint density at radius 3 is 3.06 bits per heavy atom. The number of methoxy groups -OCH3 is 1. The minimum Gasteiger partial charge on any atom is -0.468 e. The van der Waals surface area contributed by atoms with Crippen molar-refractivity contribution >= 4 is 28.3 Å². The van der Waals surface area contributed by atoms with Crippen LogP contribution in [0.4, 0.5) is 0 Å². The molecular formula is C13H13ClN2O2. The van der Waals surface area contributed by atoms with Gasteiger partial charge in [-0.25, -0.2) is 4.98 Å². The standard InChI is InChI=1S/C13H13ClN2O2/c1-18-12(17)8-15-7-9-2-3-11-10(6-9)4-5-16-13(11)14/h2-6,15H,7-8H2,1H3. The largest absolute Gasteiger partial charge is 0.468 e. The van der Waals surface area contributed by atoms with Crippen LogP contribution in [0.3, 0.4) is 0 Å². The fourth-order valence-electron chi connectivity index (χ4n) is 1.68. The van der Waals surface area contributed by atoms with Gasteiger partial charge in [-0.3, -0.25) is 4.79 Å². The van der Waals surface area contributed by atoms with Crippen LogP contribution in [0, 0.1) is 0 Å². The second-order valence-electron chi connectivity index (χ2n) is 3.84. The first-order chi connectivity index (χ1) is 8.70. The third-order valence-electron chi connectivity index (χ3n) is 2.61. The van der Waals surface area contributed by atoms with Gasteiger partial charge in [-0.05, 0) is 23.1 Å². The van der Waals surface area contributed by atoms with Crippen molar-refractivity contribution in [2.24, 2.45) is 0 Å². The number of carbonyl (C=O) groups excluding carboxylic acids is 1. The molecule has 0 bridgehead atoms. The van der Waals surface area contributed by atoms with Gasteiger partial charge in [0.2, 0.25) is 0 Å². The average Bonchev–Trinajstić information content (AvgIpc) is 2.38. The third-order valence-corrected chi connectivity index (χ3v) is 2.91. The summed E-state index contributed by atoms with van der Waals surface area (Å²) in [5.41, 5.74) is 1.08. The number of esters is 1. The summed E-state index contributed by atoms with van der Waals surface area (Å²) in [6, 6.07) is 7.82. The smallest absolute Gasteiger partial charge is 0.319 e. The lowest BCUT2D eigenvalue weighted by atomic mass is 10.1. The molecule has 1 aromatic carbocycles. The van der Waals surface area contributed by atoms with Crippen LogP contribution in [0.2, 0.25) is 5.15 Å². The highest BCUT2D eigenvalue weighted by Crippen LogP contribution is 2.21. The number of nitrogens with one attached hydrogen (secondary N) is 1. The molecule has 0 atom stereocenters. The lowest BCUT2D eigenvalue weighted by Gasteiger charge is -2.06. The van der Waals surface area contributed by atoms with Crippen molar-refractivity contribution in [2.45, 2.75) is 6.54 Å². The van der Waals surface area contributed by atoms with Crippen LogP contribution < -0.4 is 5.32 Å². The van der Waals surface area contributed by atoms with Gasteiger partial charge in [-0.2, -0.15) is 0 Å². The van der Waals surface area contributed by atoms with E-state index in [4.69, 9.17) is 11.6 Å². The minimum atomic E-state index is -0.275. The predicted octanol–water partition coefficient (Wildman–Crippen LogP) is 2.15. The number of halogens is 1. The van der Waals surface area contributed by atoms with E-state index >= 15 is 0 Å². The summed E-state index contributed by atoms with van der Waals surface area (Å²) in [4.78, 5) is 15.0. The monoisotopic (exact) mass is 264 g/mol. The van der Waals surface area contributed by atoms with Crippen molar-refractivity contribution in [2.75, 3.05) is 13.7 Å². The number of fused-ring (bicyclic) bond motifs is 1. The Balaban J connectivity index is 2.08. The predicted molar refractivity (Wildman–Crippen MR) is 70.5 cm³/mol. The summed E-state index contributed by atoms with van der Waals surface area (Å²) in [6.45, 7) is 0.802. The van der Waals surface area contributed by atoms with E-state index in [0.29, 0.717) is 11.7 Å². The van der Waals surface area contributed by atoms with Gasteiger partial charge >= 0.3 is 5.97 Å². The van der Waals surface area contributed by atoms with Crippen molar-refractivity contribution in [1.82, 2.24) is 10.3 Å². The number of carbonyl (C=O) groups is 1. The number of hydrogen-bond donors (Lipinski definition) is 1. The van der Waals surface area contributed by atoms with Crippen LogP contribution in [0.15, 0.2) is 30.5 Å². The van der Waals surface area contributed by atoms with Crippen LogP contribution in [-0.4, -0.2) is 24.6 Å². The van der Waals surface area contributed by atoms with E-state index in [1.165, 1.54) is 7.11 Å². The molecule has 1 heterocycles. The highest BCUT2D eigenvalue weighted by molar-refractivity contribution is 6.34. The fourth-order valence-corrected chi connectivity index (χ4v) is 1.91. The number of pyridine rings is 1. The fraction of sp³-hybridized carbons (Fsp3) is 0.231. The maximum Gasteiger partial charge on any atom is 0.319 e. The summed E-state index contributed by atoms with van der Waals surface area (Å²) in [5, 5.41) is 5.47. The van der Waals surface area contributed by atoms with E-state index < -0.39 is 0 Å². The molecule has 0 saturated carbocycles. The second kappa shape index (κ2) is 5.80. The van der Waals surface area contributed by atoms with Crippen molar-refractivity contribution in [1.29, 1.82) is 0 Å². The van der Waals surface area contributed by atoms with Crippen molar-refractivity contribution in [3.05, 3.63) is 41.2 Å². The molecule has 94 valence electrons. The summed E-state index contributed by atoms with van der Waals surface area (Å²) in [6.07, 6.45) is 1.68. The van der Waals surface area contributed by atoms with Crippen LogP contribution in [-0.2, 0) is 16.1 Å². The van der Waals surface area contributed by atoms with E-state index in [1.807, 2.05) is 24.3 Å². The zero-order valence-corrected chi connectivity index (χ0v) is 10.7. The summed E-state index contributed by atoms with van der Waals surface area (Å²) in [5.74, 6) is -0.275. The van der Waals surface area contributed by atoms with Gasteiger partial charge < -0.3 is 10.1 Å². The summed E-state index contributed by atoms with van der Waals surface area (Å²) >= 11 is 5.99. The highest BCUT2D eigenvalue weighted by Gasteiger charge is 2.02. The number of benzene rings is 1. The van der Waals surface area contributed by atoms with Crippen molar-refractivity contribution in [3.63, 3.8) is 0 Å². The maximum atomic E-state index is 10.9. The Morgan fingerprint density at radius 2 is 2.28 bits per heavy atom. The average molecular weight is 265 g/mol. The van der Waals surface area contributed by atoms with E-state index in [2.05, 4.69) is 15.0 Å². The first-order valence-corrected chi connectivity index (χ1v) is 5.89. The highest BCUT2D eigenvalue weighted by atomic mass is 35.5. The molecular weight excluding hydrogens is 252 g/mol. The van der Waals surface area contributed by atoms with E-state index in [1.54, 1.807) is 6.20 Å². The Morgan fingerprint density at radius 1 is 1.44 bits per heavy atom. The summed E-state index contributed by atoms with van der Waals surface area (Å²) in [7, 11) is 1.37. The molecule has 0 spiro atoms. The zero-order chi connectivity index (χ0) is 13.0. The van der Waals surface area contributed by atoms with Gasteiger partial charge in [-0.1, -0.05) is 23.7 Å². The third kappa shape index (κ3) is 2.97. The first kappa shape index (κ1) is 12.8. The molecule has 1 N–H and O–H groups in total. The van der Waals surface area contributed by atoms with Gasteiger partial charge in [0.25, 0.3) is 0 Å². The van der Waals surface area contributed by atoms with Crippen LogP contribution in [0.5, 0.6) is 0 Å². The SMILES string of the molecule is COC(=O)CNCc1ccc2c(Cl)nccc2c1. The first-order valence-electron chi connectivity index (χ1n) is 5.51. The van der Waals surface area contributed by atoms with E-state index in [0.717, 1.165) is 16.3 Å². The molecule has 0 amide bonds. The Labute approximate surface area is 110 Å². The lowest BCUT2D eigenvalue weighted by Crippen LogP contribution is -2.23. The molecule has 5 heteroatoms. The van der Waals surface area contributed by atoms with Crippen LogP contribution in [0.25, 0.3) is 10.8 Å². The second-order valence-corrected chi connectivity index (χ2v) is 4.19. The maximum absolute atomic E-state index is 10.9. The number of rotatable bonds is 4. The molecule has 0 radical (unpaired) electrons. The molecule has 4 nitrogen and oxygen atoms in total. The molecule has 0 unspecified atom stereocenters. The molecule has 0 saturated heterocycles. The molecule has 2 aromatic rings. The van der Waals surface area contributed by atoms with Gasteiger partial charge in [0.1, 0.15) is 5.15 Å². The van der Waals surface area contributed by atoms with Gasteiger partial charge in [0, 0.05) is 18.1 Å². The molecule has 0 fully saturated rings.